The number of carbonyl (C=O) groups is 1. The topological polar surface area (TPSA) is 104 Å². The number of oxime groups is 1. The second kappa shape index (κ2) is 6.15. The lowest BCUT2D eigenvalue weighted by Crippen LogP contribution is -2.23. The van der Waals surface area contributed by atoms with Crippen LogP contribution in [-0.4, -0.2) is 16.9 Å². The van der Waals surface area contributed by atoms with E-state index in [1.54, 1.807) is 24.4 Å². The Morgan fingerprint density at radius 2 is 1.74 bits per heavy atom. The molecule has 2 aromatic carbocycles. The summed E-state index contributed by atoms with van der Waals surface area (Å²) in [6, 6.07) is 16.7. The van der Waals surface area contributed by atoms with E-state index in [1.807, 2.05) is 36.4 Å². The van der Waals surface area contributed by atoms with Gasteiger partial charge in [0.25, 0.3) is 0 Å². The van der Waals surface area contributed by atoms with Crippen LogP contribution in [0.3, 0.4) is 0 Å². The van der Waals surface area contributed by atoms with Crippen LogP contribution in [0.5, 0.6) is 0 Å². The van der Waals surface area contributed by atoms with Crippen molar-refractivity contribution in [3.05, 3.63) is 66.4 Å². The largest absolute Gasteiger partial charge is 0.367 e. The molecular weight excluding hydrogens is 292 g/mol. The Balaban J connectivity index is 2.13. The number of carbonyl (C=O) groups excluding carboxylic acids is 1. The van der Waals surface area contributed by atoms with E-state index in [1.165, 1.54) is 0 Å². The number of rotatable bonds is 3. The average molecular weight is 306 g/mol. The minimum absolute atomic E-state index is 0.320. The van der Waals surface area contributed by atoms with Gasteiger partial charge < -0.3 is 16.3 Å². The first-order valence-electron chi connectivity index (χ1n) is 6.90. The van der Waals surface area contributed by atoms with Crippen LogP contribution in [0.15, 0.2) is 65.9 Å². The molecule has 6 heteroatoms. The number of nitrogens with zero attached hydrogens (tertiary/aromatic N) is 2. The fraction of sp³-hybridized carbons (Fsp3) is 0. The van der Waals surface area contributed by atoms with Gasteiger partial charge in [-0.15, -0.1) is 0 Å². The zero-order valence-electron chi connectivity index (χ0n) is 12.1. The third-order valence-electron chi connectivity index (χ3n) is 3.31. The van der Waals surface area contributed by atoms with Crippen molar-refractivity contribution in [1.82, 2.24) is 4.98 Å². The Kier molecular flexibility index (Phi) is 3.88. The van der Waals surface area contributed by atoms with Gasteiger partial charge in [0.2, 0.25) is 5.96 Å². The maximum atomic E-state index is 12.2. The van der Waals surface area contributed by atoms with Gasteiger partial charge in [-0.05, 0) is 22.7 Å². The Morgan fingerprint density at radius 3 is 2.57 bits per heavy atom. The molecular formula is C17H14N4O2. The number of guanidine groups is 1. The summed E-state index contributed by atoms with van der Waals surface area (Å²) in [5.74, 6) is -0.970. The van der Waals surface area contributed by atoms with Crippen LogP contribution in [0.2, 0.25) is 0 Å². The molecule has 0 aliphatic carbocycles. The van der Waals surface area contributed by atoms with Crippen molar-refractivity contribution in [2.75, 3.05) is 0 Å². The van der Waals surface area contributed by atoms with Gasteiger partial charge in [-0.2, -0.15) is 0 Å². The van der Waals surface area contributed by atoms with Crippen molar-refractivity contribution in [3.63, 3.8) is 0 Å². The van der Waals surface area contributed by atoms with E-state index < -0.39 is 5.97 Å². The Hall–Kier alpha value is -3.41. The van der Waals surface area contributed by atoms with Gasteiger partial charge in [0, 0.05) is 17.1 Å². The molecule has 0 aliphatic heterocycles. The molecule has 0 fully saturated rings. The SMILES string of the molecule is NC(N)=NOC(=O)c1ccccc1-c1nccc2ccccc12. The predicted octanol–water partition coefficient (Wildman–Crippen LogP) is 2.25. The van der Waals surface area contributed by atoms with Crippen LogP contribution in [0.1, 0.15) is 10.4 Å². The zero-order chi connectivity index (χ0) is 16.2. The minimum Gasteiger partial charge on any atom is -0.367 e. The fourth-order valence-electron chi connectivity index (χ4n) is 2.35. The normalized spacial score (nSPS) is 10.3. The minimum atomic E-state index is -0.649. The van der Waals surface area contributed by atoms with E-state index in [0.29, 0.717) is 16.8 Å². The molecule has 0 atom stereocenters. The number of nitrogens with two attached hydrogens (primary N) is 2. The quantitative estimate of drug-likeness (QED) is 0.334. The monoisotopic (exact) mass is 306 g/mol. The molecule has 0 amide bonds. The second-order valence-electron chi connectivity index (χ2n) is 4.82. The van der Waals surface area contributed by atoms with E-state index in [9.17, 15) is 4.79 Å². The van der Waals surface area contributed by atoms with Crippen molar-refractivity contribution in [1.29, 1.82) is 0 Å². The molecule has 1 aromatic heterocycles. The first-order valence-corrected chi connectivity index (χ1v) is 6.90. The summed E-state index contributed by atoms with van der Waals surface area (Å²) in [7, 11) is 0. The van der Waals surface area contributed by atoms with Crippen molar-refractivity contribution >= 4 is 22.7 Å². The van der Waals surface area contributed by atoms with Crippen molar-refractivity contribution in [2.24, 2.45) is 16.6 Å². The highest BCUT2D eigenvalue weighted by molar-refractivity contribution is 6.02. The van der Waals surface area contributed by atoms with Crippen LogP contribution >= 0.6 is 0 Å². The first-order chi connectivity index (χ1) is 11.2. The molecule has 0 bridgehead atoms. The molecule has 4 N–H and O–H groups in total. The molecule has 1 heterocycles. The summed E-state index contributed by atoms with van der Waals surface area (Å²) >= 11 is 0. The lowest BCUT2D eigenvalue weighted by Gasteiger charge is -2.09. The van der Waals surface area contributed by atoms with Crippen molar-refractivity contribution in [3.8, 4) is 11.3 Å². The molecule has 0 unspecified atom stereocenters. The molecule has 0 saturated carbocycles. The van der Waals surface area contributed by atoms with Crippen LogP contribution in [-0.2, 0) is 4.84 Å². The fourth-order valence-corrected chi connectivity index (χ4v) is 2.35. The molecule has 0 spiro atoms. The lowest BCUT2D eigenvalue weighted by atomic mass is 9.99. The number of hydrogen-bond acceptors (Lipinski definition) is 4. The average Bonchev–Trinajstić information content (AvgIpc) is 2.59. The summed E-state index contributed by atoms with van der Waals surface area (Å²) in [5, 5.41) is 5.27. The van der Waals surface area contributed by atoms with Crippen LogP contribution < -0.4 is 11.5 Å². The Morgan fingerprint density at radius 1 is 1.00 bits per heavy atom. The lowest BCUT2D eigenvalue weighted by molar-refractivity contribution is 0.0516. The van der Waals surface area contributed by atoms with Crippen LogP contribution in [0, 0.1) is 0 Å². The van der Waals surface area contributed by atoms with E-state index in [2.05, 4.69) is 10.1 Å². The summed E-state index contributed by atoms with van der Waals surface area (Å²) in [6.07, 6.45) is 1.70. The smallest absolute Gasteiger partial charge is 0.366 e. The molecule has 3 aromatic rings. The first kappa shape index (κ1) is 14.5. The highest BCUT2D eigenvalue weighted by atomic mass is 16.7. The molecule has 23 heavy (non-hydrogen) atoms. The van der Waals surface area contributed by atoms with Gasteiger partial charge >= 0.3 is 5.97 Å². The molecule has 114 valence electrons. The third kappa shape index (κ3) is 2.96. The van der Waals surface area contributed by atoms with Gasteiger partial charge in [-0.3, -0.25) is 4.98 Å². The number of aromatic nitrogens is 1. The molecule has 0 radical (unpaired) electrons. The molecule has 6 nitrogen and oxygen atoms in total. The number of fused-ring (bicyclic) bond motifs is 1. The van der Waals surface area contributed by atoms with E-state index in [-0.39, 0.29) is 5.96 Å². The van der Waals surface area contributed by atoms with E-state index in [4.69, 9.17) is 16.3 Å². The van der Waals surface area contributed by atoms with E-state index in [0.717, 1.165) is 10.8 Å². The van der Waals surface area contributed by atoms with Gasteiger partial charge in [0.15, 0.2) is 0 Å². The maximum absolute atomic E-state index is 12.2. The van der Waals surface area contributed by atoms with E-state index >= 15 is 0 Å². The zero-order valence-corrected chi connectivity index (χ0v) is 12.1. The van der Waals surface area contributed by atoms with Gasteiger partial charge in [-0.25, -0.2) is 4.79 Å². The summed E-state index contributed by atoms with van der Waals surface area (Å²) in [6.45, 7) is 0. The van der Waals surface area contributed by atoms with Crippen molar-refractivity contribution < 1.29 is 9.63 Å². The summed E-state index contributed by atoms with van der Waals surface area (Å²) in [4.78, 5) is 21.4. The van der Waals surface area contributed by atoms with Crippen LogP contribution in [0.4, 0.5) is 0 Å². The Labute approximate surface area is 132 Å². The molecule has 0 aliphatic rings. The highest BCUT2D eigenvalue weighted by Gasteiger charge is 2.16. The standard InChI is InChI=1S/C17H14N4O2/c18-17(19)21-23-16(22)14-8-4-3-7-13(14)15-12-6-2-1-5-11(12)9-10-20-15/h1-10H,(H4,18,19,21). The molecule has 0 saturated heterocycles. The number of benzene rings is 2. The number of pyridine rings is 1. The Bertz CT molecular complexity index is 896. The predicted molar refractivity (Wildman–Crippen MR) is 88.4 cm³/mol. The third-order valence-corrected chi connectivity index (χ3v) is 3.31. The van der Waals surface area contributed by atoms with Crippen molar-refractivity contribution in [2.45, 2.75) is 0 Å². The van der Waals surface area contributed by atoms with Crippen LogP contribution in [0.25, 0.3) is 22.0 Å². The van der Waals surface area contributed by atoms with Gasteiger partial charge in [0.1, 0.15) is 0 Å². The summed E-state index contributed by atoms with van der Waals surface area (Å²) in [5.41, 5.74) is 12.0. The van der Waals surface area contributed by atoms with Gasteiger partial charge in [0.05, 0.1) is 11.3 Å². The highest BCUT2D eigenvalue weighted by Crippen LogP contribution is 2.29. The van der Waals surface area contributed by atoms with Gasteiger partial charge in [-0.1, -0.05) is 42.5 Å². The maximum Gasteiger partial charge on any atom is 0.366 e. The number of hydrogen-bond donors (Lipinski definition) is 2. The second-order valence-corrected chi connectivity index (χ2v) is 4.82. The molecule has 3 rings (SSSR count). The summed E-state index contributed by atoms with van der Waals surface area (Å²) < 4.78 is 0.